The Bertz CT molecular complexity index is 997. The van der Waals surface area contributed by atoms with Gasteiger partial charge in [-0.2, -0.15) is 4.52 Å². The lowest BCUT2D eigenvalue weighted by Gasteiger charge is -2.17. The minimum Gasteiger partial charge on any atom is -0.358 e. The average Bonchev–Trinajstić information content (AvgIpc) is 3.29. The van der Waals surface area contributed by atoms with Crippen molar-refractivity contribution in [2.45, 2.75) is 6.42 Å². The van der Waals surface area contributed by atoms with Crippen molar-refractivity contribution in [2.75, 3.05) is 18.5 Å². The molecule has 0 aliphatic carbocycles. The van der Waals surface area contributed by atoms with E-state index in [1.807, 2.05) is 35.7 Å². The van der Waals surface area contributed by atoms with Gasteiger partial charge < -0.3 is 4.90 Å². The number of rotatable bonds is 5. The van der Waals surface area contributed by atoms with E-state index in [1.54, 1.807) is 34.1 Å². The van der Waals surface area contributed by atoms with Crippen LogP contribution in [0.4, 0.5) is 10.2 Å². The van der Waals surface area contributed by atoms with E-state index in [1.165, 1.54) is 6.07 Å². The maximum atomic E-state index is 14.1. The Labute approximate surface area is 147 Å². The van der Waals surface area contributed by atoms with Gasteiger partial charge in [0.15, 0.2) is 11.5 Å². The highest BCUT2D eigenvalue weighted by atomic mass is 32.1. The Morgan fingerprint density at radius 2 is 2.04 bits per heavy atom. The zero-order valence-corrected chi connectivity index (χ0v) is 14.3. The first-order valence-electron chi connectivity index (χ1n) is 7.79. The molecule has 8 heteroatoms. The molecule has 0 unspecified atom stereocenters. The largest absolute Gasteiger partial charge is 0.358 e. The van der Waals surface area contributed by atoms with Crippen molar-refractivity contribution in [2.24, 2.45) is 0 Å². The van der Waals surface area contributed by atoms with Crippen LogP contribution in [0.25, 0.3) is 17.0 Å². The summed E-state index contributed by atoms with van der Waals surface area (Å²) >= 11 is 1.64. The topological polar surface area (TPSA) is 59.2 Å². The second-order valence-electron chi connectivity index (χ2n) is 5.56. The number of fused-ring (bicyclic) bond motifs is 1. The molecule has 0 aliphatic heterocycles. The maximum Gasteiger partial charge on any atom is 0.188 e. The van der Waals surface area contributed by atoms with Crippen LogP contribution >= 0.6 is 11.3 Å². The molecule has 0 amide bonds. The van der Waals surface area contributed by atoms with E-state index < -0.39 is 0 Å². The van der Waals surface area contributed by atoms with Gasteiger partial charge in [0.1, 0.15) is 11.6 Å². The summed E-state index contributed by atoms with van der Waals surface area (Å²) in [5.74, 6) is 0.811. The SMILES string of the molecule is CN(CCc1nccs1)c1ccc2nnc(-c3ccccc3F)n2n1. The van der Waals surface area contributed by atoms with Crippen LogP contribution in [0.1, 0.15) is 5.01 Å². The van der Waals surface area contributed by atoms with Gasteiger partial charge in [0, 0.05) is 31.6 Å². The highest BCUT2D eigenvalue weighted by Gasteiger charge is 2.14. The number of hydrogen-bond acceptors (Lipinski definition) is 6. The predicted molar refractivity (Wildman–Crippen MR) is 95.3 cm³/mol. The van der Waals surface area contributed by atoms with E-state index in [4.69, 9.17) is 0 Å². The van der Waals surface area contributed by atoms with Crippen LogP contribution in [-0.2, 0) is 6.42 Å². The number of aromatic nitrogens is 5. The molecule has 0 aliphatic rings. The van der Waals surface area contributed by atoms with Gasteiger partial charge in [0.2, 0.25) is 0 Å². The Kier molecular flexibility index (Phi) is 4.10. The standard InChI is InChI=1S/C17H15FN6S/c1-23(10-8-16-19-9-11-25-16)15-7-6-14-20-21-17(24(14)22-15)12-4-2-3-5-13(12)18/h2-7,9,11H,8,10H2,1H3. The van der Waals surface area contributed by atoms with Crippen molar-refractivity contribution in [3.63, 3.8) is 0 Å². The van der Waals surface area contributed by atoms with E-state index in [9.17, 15) is 4.39 Å². The van der Waals surface area contributed by atoms with Crippen molar-refractivity contribution in [1.82, 2.24) is 24.8 Å². The summed E-state index contributed by atoms with van der Waals surface area (Å²) in [5.41, 5.74) is 0.959. The Morgan fingerprint density at radius 3 is 2.84 bits per heavy atom. The summed E-state index contributed by atoms with van der Waals surface area (Å²) in [6.07, 6.45) is 2.65. The third-order valence-corrected chi connectivity index (χ3v) is 4.74. The van der Waals surface area contributed by atoms with E-state index in [-0.39, 0.29) is 5.82 Å². The summed E-state index contributed by atoms with van der Waals surface area (Å²) < 4.78 is 15.7. The molecule has 3 aromatic heterocycles. The zero-order valence-electron chi connectivity index (χ0n) is 13.5. The molecule has 4 rings (SSSR count). The number of halogens is 1. The molecule has 0 saturated heterocycles. The highest BCUT2D eigenvalue weighted by Crippen LogP contribution is 2.22. The van der Waals surface area contributed by atoms with E-state index in [0.717, 1.165) is 23.8 Å². The molecule has 6 nitrogen and oxygen atoms in total. The molecule has 0 fully saturated rings. The summed E-state index contributed by atoms with van der Waals surface area (Å²) in [4.78, 5) is 6.33. The normalized spacial score (nSPS) is 11.1. The fourth-order valence-electron chi connectivity index (χ4n) is 2.55. The van der Waals surface area contributed by atoms with Crippen molar-refractivity contribution >= 4 is 22.8 Å². The van der Waals surface area contributed by atoms with Crippen molar-refractivity contribution in [1.29, 1.82) is 0 Å². The van der Waals surface area contributed by atoms with Crippen molar-refractivity contribution < 1.29 is 4.39 Å². The van der Waals surface area contributed by atoms with Gasteiger partial charge in [-0.3, -0.25) is 0 Å². The van der Waals surface area contributed by atoms with Crippen LogP contribution in [-0.4, -0.2) is 38.4 Å². The van der Waals surface area contributed by atoms with Crippen molar-refractivity contribution in [3.05, 3.63) is 58.8 Å². The monoisotopic (exact) mass is 354 g/mol. The molecule has 0 radical (unpaired) electrons. The molecule has 0 atom stereocenters. The molecular formula is C17H15FN6S. The highest BCUT2D eigenvalue weighted by molar-refractivity contribution is 7.09. The number of anilines is 1. The minimum atomic E-state index is -0.346. The van der Waals surface area contributed by atoms with Gasteiger partial charge in [-0.15, -0.1) is 26.6 Å². The van der Waals surface area contributed by atoms with Crippen LogP contribution in [0.2, 0.25) is 0 Å². The van der Waals surface area contributed by atoms with E-state index in [2.05, 4.69) is 20.3 Å². The van der Waals surface area contributed by atoms with E-state index >= 15 is 0 Å². The smallest absolute Gasteiger partial charge is 0.188 e. The molecule has 1 aromatic carbocycles. The van der Waals surface area contributed by atoms with Crippen LogP contribution in [0.3, 0.4) is 0 Å². The lowest BCUT2D eigenvalue weighted by atomic mass is 10.2. The van der Waals surface area contributed by atoms with Crippen LogP contribution < -0.4 is 4.90 Å². The summed E-state index contributed by atoms with van der Waals surface area (Å²) in [6.45, 7) is 0.781. The van der Waals surface area contributed by atoms with Crippen molar-refractivity contribution in [3.8, 4) is 11.4 Å². The molecule has 4 aromatic rings. The first kappa shape index (κ1) is 15.6. The second-order valence-corrected chi connectivity index (χ2v) is 6.54. The number of nitrogens with zero attached hydrogens (tertiary/aromatic N) is 6. The minimum absolute atomic E-state index is 0.346. The molecule has 3 heterocycles. The number of hydrogen-bond donors (Lipinski definition) is 0. The number of likely N-dealkylation sites (N-methyl/N-ethyl adjacent to an activating group) is 1. The first-order chi connectivity index (χ1) is 12.2. The van der Waals surface area contributed by atoms with Gasteiger partial charge in [0.25, 0.3) is 0 Å². The Morgan fingerprint density at radius 1 is 1.16 bits per heavy atom. The molecular weight excluding hydrogens is 339 g/mol. The molecule has 25 heavy (non-hydrogen) atoms. The maximum absolute atomic E-state index is 14.1. The molecule has 0 N–H and O–H groups in total. The first-order valence-corrected chi connectivity index (χ1v) is 8.67. The average molecular weight is 354 g/mol. The summed E-state index contributed by atoms with van der Waals surface area (Å²) in [6, 6.07) is 10.2. The Balaban J connectivity index is 1.65. The van der Waals surface area contributed by atoms with Gasteiger partial charge in [-0.25, -0.2) is 9.37 Å². The van der Waals surface area contributed by atoms with Crippen LogP contribution in [0, 0.1) is 5.82 Å². The Hall–Kier alpha value is -2.87. The summed E-state index contributed by atoms with van der Waals surface area (Å²) in [7, 11) is 1.97. The quantitative estimate of drug-likeness (QED) is 0.551. The van der Waals surface area contributed by atoms with Gasteiger partial charge >= 0.3 is 0 Å². The fourth-order valence-corrected chi connectivity index (χ4v) is 3.16. The molecule has 0 bridgehead atoms. The lowest BCUT2D eigenvalue weighted by Crippen LogP contribution is -2.22. The fraction of sp³-hybridized carbons (Fsp3) is 0.176. The number of thiazole rings is 1. The second kappa shape index (κ2) is 6.56. The van der Waals surface area contributed by atoms with E-state index in [0.29, 0.717) is 17.0 Å². The number of benzene rings is 1. The van der Waals surface area contributed by atoms with Crippen LogP contribution in [0.15, 0.2) is 48.0 Å². The third kappa shape index (κ3) is 3.08. The lowest BCUT2D eigenvalue weighted by molar-refractivity contribution is 0.629. The zero-order chi connectivity index (χ0) is 17.2. The molecule has 126 valence electrons. The molecule has 0 spiro atoms. The summed E-state index contributed by atoms with van der Waals surface area (Å²) in [5, 5.41) is 15.8. The van der Waals surface area contributed by atoms with Crippen LogP contribution in [0.5, 0.6) is 0 Å². The predicted octanol–water partition coefficient (Wildman–Crippen LogP) is 3.07. The van der Waals surface area contributed by atoms with Gasteiger partial charge in [-0.1, -0.05) is 12.1 Å². The molecule has 0 saturated carbocycles. The van der Waals surface area contributed by atoms with Gasteiger partial charge in [0.05, 0.1) is 10.6 Å². The third-order valence-electron chi connectivity index (χ3n) is 3.90. The van der Waals surface area contributed by atoms with Gasteiger partial charge in [-0.05, 0) is 24.3 Å².